The first kappa shape index (κ1) is 22.4. The van der Waals surface area contributed by atoms with Crippen molar-refractivity contribution in [2.24, 2.45) is 7.05 Å². The van der Waals surface area contributed by atoms with E-state index in [0.29, 0.717) is 13.1 Å². The Balaban J connectivity index is 2.06. The molecule has 1 amide bonds. The molecule has 2 rings (SSSR count). The molecule has 0 saturated heterocycles. The molecule has 1 aliphatic rings. The van der Waals surface area contributed by atoms with Crippen LogP contribution in [0.4, 0.5) is 0 Å². The molecule has 0 spiro atoms. The maximum Gasteiger partial charge on any atom is 0.355 e. The van der Waals surface area contributed by atoms with E-state index in [4.69, 9.17) is 4.74 Å². The predicted octanol–water partition coefficient (Wildman–Crippen LogP) is 2.05. The second-order valence-electron chi connectivity index (χ2n) is 7.15. The van der Waals surface area contributed by atoms with E-state index >= 15 is 0 Å². The monoisotopic (exact) mass is 413 g/mol. The smallest absolute Gasteiger partial charge is 0.355 e. The summed E-state index contributed by atoms with van der Waals surface area (Å²) in [6, 6.07) is 1.42. The molecular weight excluding hydrogens is 382 g/mol. The van der Waals surface area contributed by atoms with Gasteiger partial charge in [-0.2, -0.15) is 4.31 Å². The van der Waals surface area contributed by atoms with Gasteiger partial charge in [0.25, 0.3) is 5.91 Å². The Hall–Kier alpha value is -1.87. The van der Waals surface area contributed by atoms with Crippen LogP contribution in [-0.2, 0) is 26.6 Å². The van der Waals surface area contributed by atoms with Crippen molar-refractivity contribution in [3.63, 3.8) is 0 Å². The molecule has 1 N–H and O–H groups in total. The lowest BCUT2D eigenvalue weighted by Crippen LogP contribution is -2.42. The van der Waals surface area contributed by atoms with Crippen molar-refractivity contribution >= 4 is 21.9 Å². The molecule has 1 aliphatic carbocycles. The first-order valence-electron chi connectivity index (χ1n) is 9.88. The van der Waals surface area contributed by atoms with Crippen molar-refractivity contribution in [1.82, 2.24) is 14.2 Å². The van der Waals surface area contributed by atoms with Crippen molar-refractivity contribution in [2.75, 3.05) is 13.1 Å². The Morgan fingerprint density at radius 1 is 1.25 bits per heavy atom. The van der Waals surface area contributed by atoms with Crippen LogP contribution < -0.4 is 5.32 Å². The molecule has 158 valence electrons. The maximum atomic E-state index is 12.6. The number of hydrogen-bond acceptors (Lipinski definition) is 5. The number of hydrogen-bond donors (Lipinski definition) is 1. The number of nitrogens with one attached hydrogen (secondary N) is 1. The largest absolute Gasteiger partial charge is 0.448 e. The third kappa shape index (κ3) is 5.14. The Kier molecular flexibility index (Phi) is 7.65. The van der Waals surface area contributed by atoms with Gasteiger partial charge in [0.2, 0.25) is 10.0 Å². The number of esters is 1. The van der Waals surface area contributed by atoms with Crippen LogP contribution in [0.25, 0.3) is 0 Å². The number of ether oxygens (including phenoxy) is 1. The fraction of sp³-hybridized carbons (Fsp3) is 0.684. The van der Waals surface area contributed by atoms with Gasteiger partial charge in [-0.05, 0) is 25.8 Å². The second kappa shape index (κ2) is 9.56. The van der Waals surface area contributed by atoms with E-state index in [2.05, 4.69) is 5.32 Å². The molecule has 1 saturated carbocycles. The number of carbonyl (C=O) groups excluding carboxylic acids is 2. The summed E-state index contributed by atoms with van der Waals surface area (Å²) in [6.45, 7) is 5.71. The first-order valence-corrected chi connectivity index (χ1v) is 11.3. The lowest BCUT2D eigenvalue weighted by atomic mass is 9.95. The number of aromatic nitrogens is 1. The number of carbonyl (C=O) groups is 2. The highest BCUT2D eigenvalue weighted by atomic mass is 32.2. The fourth-order valence-electron chi connectivity index (χ4n) is 3.43. The first-order chi connectivity index (χ1) is 13.2. The van der Waals surface area contributed by atoms with Crippen LogP contribution in [0.15, 0.2) is 17.2 Å². The molecule has 0 aliphatic heterocycles. The Bertz CT molecular complexity index is 792. The highest BCUT2D eigenvalue weighted by Crippen LogP contribution is 2.20. The number of sulfonamides is 1. The van der Waals surface area contributed by atoms with Gasteiger partial charge in [-0.3, -0.25) is 4.79 Å². The van der Waals surface area contributed by atoms with Crippen molar-refractivity contribution < 1.29 is 22.7 Å². The average Bonchev–Trinajstić information content (AvgIpc) is 3.06. The topological polar surface area (TPSA) is 97.7 Å². The second-order valence-corrected chi connectivity index (χ2v) is 9.09. The zero-order valence-electron chi connectivity index (χ0n) is 17.1. The number of nitrogens with zero attached hydrogens (tertiary/aromatic N) is 2. The molecule has 9 heteroatoms. The van der Waals surface area contributed by atoms with Crippen LogP contribution in [0.2, 0.25) is 0 Å². The van der Waals surface area contributed by atoms with Crippen molar-refractivity contribution in [1.29, 1.82) is 0 Å². The van der Waals surface area contributed by atoms with E-state index in [0.717, 1.165) is 25.7 Å². The minimum Gasteiger partial charge on any atom is -0.448 e. The molecule has 1 aromatic heterocycles. The summed E-state index contributed by atoms with van der Waals surface area (Å²) in [5, 5.41) is 2.92. The van der Waals surface area contributed by atoms with Crippen LogP contribution in [0.1, 0.15) is 63.4 Å². The normalized spacial score (nSPS) is 16.8. The molecule has 1 heterocycles. The van der Waals surface area contributed by atoms with Crippen molar-refractivity contribution in [3.05, 3.63) is 18.0 Å². The molecular formula is C19H31N3O5S. The summed E-state index contributed by atoms with van der Waals surface area (Å²) in [6.07, 6.45) is 5.68. The van der Waals surface area contributed by atoms with Crippen LogP contribution in [0.3, 0.4) is 0 Å². The van der Waals surface area contributed by atoms with E-state index in [1.807, 2.05) is 0 Å². The van der Waals surface area contributed by atoms with Crippen LogP contribution in [0.5, 0.6) is 0 Å². The molecule has 0 radical (unpaired) electrons. The van der Waals surface area contributed by atoms with E-state index in [1.165, 1.54) is 34.5 Å². The maximum absolute atomic E-state index is 12.6. The number of rotatable bonds is 8. The molecule has 0 aromatic carbocycles. The van der Waals surface area contributed by atoms with Crippen LogP contribution in [0, 0.1) is 0 Å². The van der Waals surface area contributed by atoms with Crippen molar-refractivity contribution in [2.45, 2.75) is 69.9 Å². The van der Waals surface area contributed by atoms with E-state index < -0.39 is 22.1 Å². The molecule has 1 aromatic rings. The van der Waals surface area contributed by atoms with Gasteiger partial charge >= 0.3 is 5.97 Å². The van der Waals surface area contributed by atoms with Gasteiger partial charge in [0, 0.05) is 32.4 Å². The molecule has 1 unspecified atom stereocenters. The van der Waals surface area contributed by atoms with Gasteiger partial charge in [-0.25, -0.2) is 13.2 Å². The minimum absolute atomic E-state index is 0.0324. The lowest BCUT2D eigenvalue weighted by Gasteiger charge is -2.24. The van der Waals surface area contributed by atoms with Crippen LogP contribution >= 0.6 is 0 Å². The SMILES string of the molecule is CCN(CC)S(=O)(=O)c1cc(C(=O)OC(C)C(=O)NC2CCCCC2)n(C)c1. The number of aryl methyl sites for hydroxylation is 1. The summed E-state index contributed by atoms with van der Waals surface area (Å²) < 4.78 is 33.3. The molecule has 8 nitrogen and oxygen atoms in total. The van der Waals surface area contributed by atoms with Gasteiger partial charge < -0.3 is 14.6 Å². The summed E-state index contributed by atoms with van der Waals surface area (Å²) >= 11 is 0. The van der Waals surface area contributed by atoms with Crippen LogP contribution in [-0.4, -0.2) is 54.4 Å². The van der Waals surface area contributed by atoms with E-state index in [1.54, 1.807) is 20.9 Å². The average molecular weight is 414 g/mol. The minimum atomic E-state index is -3.67. The van der Waals surface area contributed by atoms with Gasteiger partial charge in [0.1, 0.15) is 10.6 Å². The number of amides is 1. The summed E-state index contributed by atoms with van der Waals surface area (Å²) in [7, 11) is -2.10. The highest BCUT2D eigenvalue weighted by molar-refractivity contribution is 7.89. The fourth-order valence-corrected chi connectivity index (χ4v) is 4.96. The summed E-state index contributed by atoms with van der Waals surface area (Å²) in [5.74, 6) is -1.06. The molecule has 0 bridgehead atoms. The molecule has 1 atom stereocenters. The van der Waals surface area contributed by atoms with E-state index in [-0.39, 0.29) is 22.5 Å². The van der Waals surface area contributed by atoms with E-state index in [9.17, 15) is 18.0 Å². The lowest BCUT2D eigenvalue weighted by molar-refractivity contribution is -0.130. The molecule has 1 fully saturated rings. The quantitative estimate of drug-likeness (QED) is 0.658. The summed E-state index contributed by atoms with van der Waals surface area (Å²) in [4.78, 5) is 24.8. The highest BCUT2D eigenvalue weighted by Gasteiger charge is 2.28. The Morgan fingerprint density at radius 2 is 1.86 bits per heavy atom. The van der Waals surface area contributed by atoms with Gasteiger partial charge in [0.15, 0.2) is 6.10 Å². The molecule has 28 heavy (non-hydrogen) atoms. The third-order valence-corrected chi connectivity index (χ3v) is 7.15. The Labute approximate surface area is 167 Å². The zero-order chi connectivity index (χ0) is 20.9. The van der Waals surface area contributed by atoms with Gasteiger partial charge in [-0.15, -0.1) is 0 Å². The third-order valence-electron chi connectivity index (χ3n) is 5.14. The van der Waals surface area contributed by atoms with Gasteiger partial charge in [0.05, 0.1) is 0 Å². The standard InChI is InChI=1S/C19H31N3O5S/c1-5-22(6-2)28(25,26)16-12-17(21(4)13-16)19(24)27-14(3)18(23)20-15-10-8-7-9-11-15/h12-15H,5-11H2,1-4H3,(H,20,23). The predicted molar refractivity (Wildman–Crippen MR) is 105 cm³/mol. The van der Waals surface area contributed by atoms with Gasteiger partial charge in [-0.1, -0.05) is 33.1 Å². The zero-order valence-corrected chi connectivity index (χ0v) is 17.9. The Morgan fingerprint density at radius 3 is 2.43 bits per heavy atom. The summed E-state index contributed by atoms with van der Waals surface area (Å²) in [5.41, 5.74) is 0.0862. The van der Waals surface area contributed by atoms with Crippen molar-refractivity contribution in [3.8, 4) is 0 Å².